The topological polar surface area (TPSA) is 72.3 Å². The summed E-state index contributed by atoms with van der Waals surface area (Å²) in [6, 6.07) is 0. The lowest BCUT2D eigenvalue weighted by Gasteiger charge is -2.45. The normalized spacial score (nSPS) is 27.9. The quantitative estimate of drug-likeness (QED) is 0.794. The number of piperidine rings is 1. The molecule has 1 amide bonds. The first-order valence-electron chi connectivity index (χ1n) is 7.25. The van der Waals surface area contributed by atoms with E-state index in [-0.39, 0.29) is 0 Å². The summed E-state index contributed by atoms with van der Waals surface area (Å²) in [6.07, 6.45) is 9.54. The Morgan fingerprint density at radius 3 is 2.22 bits per heavy atom. The highest BCUT2D eigenvalue weighted by molar-refractivity contribution is 5.84. The van der Waals surface area contributed by atoms with Gasteiger partial charge in [-0.3, -0.25) is 4.79 Å². The molecule has 18 heavy (non-hydrogen) atoms. The van der Waals surface area contributed by atoms with Gasteiger partial charge in [0.2, 0.25) is 5.91 Å². The van der Waals surface area contributed by atoms with Crippen LogP contribution in [0.2, 0.25) is 0 Å². The van der Waals surface area contributed by atoms with Crippen LogP contribution in [0, 0.1) is 5.41 Å². The van der Waals surface area contributed by atoms with E-state index in [0.717, 1.165) is 13.1 Å². The zero-order chi connectivity index (χ0) is 13.2. The van der Waals surface area contributed by atoms with Crippen molar-refractivity contribution in [2.24, 2.45) is 16.9 Å². The molecule has 0 aromatic carbocycles. The molecule has 1 heterocycles. The Kier molecular flexibility index (Phi) is 3.97. The van der Waals surface area contributed by atoms with Gasteiger partial charge < -0.3 is 16.4 Å². The van der Waals surface area contributed by atoms with E-state index in [4.69, 9.17) is 11.5 Å². The maximum Gasteiger partial charge on any atom is 0.238 e. The second-order valence-corrected chi connectivity index (χ2v) is 6.62. The van der Waals surface area contributed by atoms with Gasteiger partial charge in [-0.2, -0.15) is 0 Å². The number of amides is 1. The van der Waals surface area contributed by atoms with Crippen LogP contribution in [0.15, 0.2) is 0 Å². The minimum Gasteiger partial charge on any atom is -0.368 e. The van der Waals surface area contributed by atoms with Gasteiger partial charge in [0.25, 0.3) is 0 Å². The molecule has 1 unspecified atom stereocenters. The predicted octanol–water partition coefficient (Wildman–Crippen LogP) is 1.24. The molecule has 104 valence electrons. The van der Waals surface area contributed by atoms with Crippen molar-refractivity contribution in [1.82, 2.24) is 4.90 Å². The smallest absolute Gasteiger partial charge is 0.238 e. The second kappa shape index (κ2) is 5.17. The van der Waals surface area contributed by atoms with Crippen LogP contribution in [0.25, 0.3) is 0 Å². The molecule has 1 aliphatic heterocycles. The fourth-order valence-electron chi connectivity index (χ4n) is 3.53. The number of primary amides is 1. The van der Waals surface area contributed by atoms with Crippen LogP contribution in [0.3, 0.4) is 0 Å². The second-order valence-electron chi connectivity index (χ2n) is 6.62. The van der Waals surface area contributed by atoms with E-state index in [2.05, 4.69) is 4.90 Å². The van der Waals surface area contributed by atoms with Gasteiger partial charge in [-0.05, 0) is 51.1 Å². The number of hydrogen-bond donors (Lipinski definition) is 2. The predicted molar refractivity (Wildman–Crippen MR) is 73.0 cm³/mol. The summed E-state index contributed by atoms with van der Waals surface area (Å²) in [4.78, 5) is 13.6. The van der Waals surface area contributed by atoms with Gasteiger partial charge >= 0.3 is 0 Å². The van der Waals surface area contributed by atoms with E-state index in [1.165, 1.54) is 44.9 Å². The van der Waals surface area contributed by atoms with Crippen LogP contribution < -0.4 is 11.5 Å². The third kappa shape index (κ3) is 3.04. The van der Waals surface area contributed by atoms with E-state index in [9.17, 15) is 4.79 Å². The Labute approximate surface area is 110 Å². The lowest BCUT2D eigenvalue weighted by molar-refractivity contribution is -0.123. The van der Waals surface area contributed by atoms with Crippen LogP contribution in [0.5, 0.6) is 0 Å². The Balaban J connectivity index is 1.85. The number of rotatable bonds is 3. The van der Waals surface area contributed by atoms with Crippen molar-refractivity contribution in [3.63, 3.8) is 0 Å². The molecule has 1 saturated carbocycles. The van der Waals surface area contributed by atoms with Crippen LogP contribution in [0.4, 0.5) is 0 Å². The van der Waals surface area contributed by atoms with E-state index in [1.54, 1.807) is 6.92 Å². The lowest BCUT2D eigenvalue weighted by Crippen LogP contribution is -2.58. The minimum absolute atomic E-state index is 0.402. The molecule has 4 nitrogen and oxygen atoms in total. The lowest BCUT2D eigenvalue weighted by atomic mass is 9.68. The standard InChI is InChI=1S/C14H27N3O/c1-13(16,12(15)18)11-17-9-7-14(8-10-17)5-3-2-4-6-14/h2-11,16H2,1H3,(H2,15,18). The third-order valence-corrected chi connectivity index (χ3v) is 4.95. The largest absolute Gasteiger partial charge is 0.368 e. The highest BCUT2D eigenvalue weighted by Gasteiger charge is 2.37. The van der Waals surface area contributed by atoms with E-state index < -0.39 is 11.4 Å². The van der Waals surface area contributed by atoms with Gasteiger partial charge in [-0.1, -0.05) is 19.3 Å². The summed E-state index contributed by atoms with van der Waals surface area (Å²) < 4.78 is 0. The average Bonchev–Trinajstić information content (AvgIpc) is 2.33. The average molecular weight is 253 g/mol. The van der Waals surface area contributed by atoms with E-state index in [0.29, 0.717) is 12.0 Å². The molecule has 0 aromatic rings. The van der Waals surface area contributed by atoms with Crippen molar-refractivity contribution < 1.29 is 4.79 Å². The van der Waals surface area contributed by atoms with Crippen molar-refractivity contribution in [2.45, 2.75) is 57.4 Å². The number of hydrogen-bond acceptors (Lipinski definition) is 3. The first-order valence-corrected chi connectivity index (χ1v) is 7.25. The Hall–Kier alpha value is -0.610. The van der Waals surface area contributed by atoms with Crippen molar-refractivity contribution >= 4 is 5.91 Å². The summed E-state index contributed by atoms with van der Waals surface area (Å²) in [5, 5.41) is 0. The van der Waals surface area contributed by atoms with Crippen LogP contribution in [0.1, 0.15) is 51.9 Å². The van der Waals surface area contributed by atoms with E-state index in [1.807, 2.05) is 0 Å². The molecule has 1 spiro atoms. The maximum absolute atomic E-state index is 11.3. The Morgan fingerprint density at radius 1 is 1.17 bits per heavy atom. The molecule has 1 saturated heterocycles. The number of carbonyl (C=O) groups is 1. The third-order valence-electron chi connectivity index (χ3n) is 4.95. The summed E-state index contributed by atoms with van der Waals surface area (Å²) in [7, 11) is 0. The molecule has 2 aliphatic rings. The molecule has 2 fully saturated rings. The monoisotopic (exact) mass is 253 g/mol. The zero-order valence-electron chi connectivity index (χ0n) is 11.6. The van der Waals surface area contributed by atoms with Gasteiger partial charge in [0.05, 0.1) is 0 Å². The van der Waals surface area contributed by atoms with Crippen LogP contribution in [-0.4, -0.2) is 36.0 Å². The summed E-state index contributed by atoms with van der Waals surface area (Å²) >= 11 is 0. The first kappa shape index (κ1) is 13.8. The first-order chi connectivity index (χ1) is 8.44. The summed E-state index contributed by atoms with van der Waals surface area (Å²) in [5.74, 6) is -0.402. The van der Waals surface area contributed by atoms with Gasteiger partial charge in [-0.15, -0.1) is 0 Å². The van der Waals surface area contributed by atoms with Gasteiger partial charge in [-0.25, -0.2) is 0 Å². The van der Waals surface area contributed by atoms with Crippen molar-refractivity contribution in [3.8, 4) is 0 Å². The highest BCUT2D eigenvalue weighted by Crippen LogP contribution is 2.44. The van der Waals surface area contributed by atoms with Crippen molar-refractivity contribution in [1.29, 1.82) is 0 Å². The Morgan fingerprint density at radius 2 is 1.72 bits per heavy atom. The summed E-state index contributed by atoms with van der Waals surface area (Å²) in [5.41, 5.74) is 11.0. The molecule has 4 heteroatoms. The molecule has 0 aromatic heterocycles. The molecular formula is C14H27N3O. The van der Waals surface area contributed by atoms with Crippen molar-refractivity contribution in [3.05, 3.63) is 0 Å². The zero-order valence-corrected chi connectivity index (χ0v) is 11.6. The molecule has 1 atom stereocenters. The molecule has 0 bridgehead atoms. The SMILES string of the molecule is CC(N)(CN1CCC2(CCCCC2)CC1)C(N)=O. The fraction of sp³-hybridized carbons (Fsp3) is 0.929. The summed E-state index contributed by atoms with van der Waals surface area (Å²) in [6.45, 7) is 4.47. The van der Waals surface area contributed by atoms with Gasteiger partial charge in [0.1, 0.15) is 5.54 Å². The van der Waals surface area contributed by atoms with E-state index >= 15 is 0 Å². The number of nitrogens with zero attached hydrogens (tertiary/aromatic N) is 1. The fourth-order valence-corrected chi connectivity index (χ4v) is 3.53. The molecule has 2 rings (SSSR count). The maximum atomic E-state index is 11.3. The number of likely N-dealkylation sites (tertiary alicyclic amines) is 1. The number of carbonyl (C=O) groups excluding carboxylic acids is 1. The molecule has 1 aliphatic carbocycles. The number of nitrogens with two attached hydrogens (primary N) is 2. The van der Waals surface area contributed by atoms with Gasteiger partial charge in [0.15, 0.2) is 0 Å². The molecule has 4 N–H and O–H groups in total. The molecule has 0 radical (unpaired) electrons. The van der Waals surface area contributed by atoms with Crippen LogP contribution in [-0.2, 0) is 4.79 Å². The highest BCUT2D eigenvalue weighted by atomic mass is 16.1. The van der Waals surface area contributed by atoms with Crippen molar-refractivity contribution in [2.75, 3.05) is 19.6 Å². The molecular weight excluding hydrogens is 226 g/mol. The van der Waals surface area contributed by atoms with Gasteiger partial charge in [0, 0.05) is 6.54 Å². The Bertz CT molecular complexity index is 298. The van der Waals surface area contributed by atoms with Crippen LogP contribution >= 0.6 is 0 Å². The minimum atomic E-state index is -0.892.